The molecule has 0 fully saturated rings. The number of hydrogen-bond donors (Lipinski definition) is 0. The highest BCUT2D eigenvalue weighted by Crippen LogP contribution is 2.43. The molecule has 0 aliphatic rings. The van der Waals surface area contributed by atoms with Crippen LogP contribution in [0.5, 0.6) is 0 Å². The lowest BCUT2D eigenvalue weighted by molar-refractivity contribution is 1.07. The van der Waals surface area contributed by atoms with Gasteiger partial charge in [-0.05, 0) is 99.7 Å². The highest BCUT2D eigenvalue weighted by molar-refractivity contribution is 6.25. The highest BCUT2D eigenvalue weighted by atomic mass is 15.0. The fourth-order valence-corrected chi connectivity index (χ4v) is 10.6. The Bertz CT molecular complexity index is 4240. The molecule has 13 aromatic rings. The van der Waals surface area contributed by atoms with Gasteiger partial charge in [-0.2, -0.15) is 5.26 Å². The summed E-state index contributed by atoms with van der Waals surface area (Å²) in [6, 6.07) is 91.7. The fourth-order valence-electron chi connectivity index (χ4n) is 10.6. The van der Waals surface area contributed by atoms with Crippen LogP contribution in [0.15, 0.2) is 255 Å². The summed E-state index contributed by atoms with van der Waals surface area (Å²) in [6.45, 7) is 0. The topological polar surface area (TPSA) is 62.5 Å². The second kappa shape index (κ2) is 17.9. The van der Waals surface area contributed by atoms with E-state index in [1.165, 1.54) is 48.7 Å². The number of hydrogen-bond acceptors (Lipinski definition) is 4. The first kappa shape index (κ1) is 42.3. The van der Waals surface area contributed by atoms with Gasteiger partial charge in [-0.25, -0.2) is 15.0 Å². The van der Waals surface area contributed by atoms with Gasteiger partial charge in [0.1, 0.15) is 6.07 Å². The average Bonchev–Trinajstić information content (AvgIpc) is 3.47. The van der Waals surface area contributed by atoms with Crippen LogP contribution in [0.25, 0.3) is 133 Å². The molecule has 0 saturated carbocycles. The lowest BCUT2D eigenvalue weighted by Crippen LogP contribution is -2.00. The molecule has 0 radical (unpaired) electrons. The minimum absolute atomic E-state index is 0.572. The summed E-state index contributed by atoms with van der Waals surface area (Å²) in [7, 11) is 0. The molecule has 0 atom stereocenters. The number of nitrogens with zero attached hydrogens (tertiary/aromatic N) is 4. The largest absolute Gasteiger partial charge is 0.208 e. The third kappa shape index (κ3) is 7.45. The monoisotopic (exact) mass is 914 g/mol. The van der Waals surface area contributed by atoms with Gasteiger partial charge in [0.25, 0.3) is 0 Å². The smallest absolute Gasteiger partial charge is 0.164 e. The maximum Gasteiger partial charge on any atom is 0.164 e. The van der Waals surface area contributed by atoms with Crippen LogP contribution in [0, 0.1) is 11.3 Å². The summed E-state index contributed by atoms with van der Waals surface area (Å²) in [4.78, 5) is 15.3. The quantitative estimate of drug-likeness (QED) is 0.143. The Morgan fingerprint density at radius 1 is 0.236 bits per heavy atom. The van der Waals surface area contributed by atoms with Gasteiger partial charge in [0.15, 0.2) is 17.5 Å². The average molecular weight is 915 g/mol. The van der Waals surface area contributed by atoms with Crippen molar-refractivity contribution in [2.45, 2.75) is 0 Å². The van der Waals surface area contributed by atoms with Crippen LogP contribution in [-0.4, -0.2) is 15.0 Å². The van der Waals surface area contributed by atoms with E-state index >= 15 is 0 Å². The third-order valence-corrected chi connectivity index (χ3v) is 14.0. The molecule has 72 heavy (non-hydrogen) atoms. The van der Waals surface area contributed by atoms with Crippen molar-refractivity contribution in [3.8, 4) is 95.9 Å². The second-order valence-electron chi connectivity index (χ2n) is 18.1. The normalized spacial score (nSPS) is 11.3. The SMILES string of the molecule is N#Cc1c(-c2ccccc2-c2cccc(-c3nc(-c4ccccc4)nc(-c4ccc(-c5cccc6ccccc56)cc4)n3)c2)cccc1-c1ccccc1-c1ccc2c3ccccc3c3ccccc3c2c1. The summed E-state index contributed by atoms with van der Waals surface area (Å²) in [5.74, 6) is 1.76. The molecule has 4 heteroatoms. The third-order valence-electron chi connectivity index (χ3n) is 14.0. The Hall–Kier alpha value is -9.82. The van der Waals surface area contributed by atoms with E-state index in [1.807, 2.05) is 36.4 Å². The zero-order valence-electron chi connectivity index (χ0n) is 39.0. The molecule has 0 saturated heterocycles. The van der Waals surface area contributed by atoms with Crippen LogP contribution in [0.1, 0.15) is 5.56 Å². The molecule has 334 valence electrons. The molecule has 0 spiro atoms. The zero-order chi connectivity index (χ0) is 48.0. The van der Waals surface area contributed by atoms with Gasteiger partial charge in [-0.1, -0.05) is 243 Å². The minimum Gasteiger partial charge on any atom is -0.208 e. The molecule has 13 rings (SSSR count). The maximum atomic E-state index is 11.2. The van der Waals surface area contributed by atoms with Crippen LogP contribution in [0.2, 0.25) is 0 Å². The van der Waals surface area contributed by atoms with Crippen molar-refractivity contribution in [3.05, 3.63) is 260 Å². The standard InChI is InChI=1S/C68H42N4/c69-43-65-61(33-16-34-62(65)56-27-9-7-25-54(56)49-39-40-63-59-30-11-10-28-57(59)58-29-12-13-31-60(58)64(63)42-49)55-26-8-6-24-53(55)48-21-14-22-50(41-48)68-71-66(46-18-2-1-3-19-46)70-67(72-68)47-37-35-45(36-38-47)52-32-15-20-44-17-4-5-23-51(44)52/h1-42H. The fraction of sp³-hybridized carbons (Fsp3) is 0. The second-order valence-corrected chi connectivity index (χ2v) is 18.1. The van der Waals surface area contributed by atoms with E-state index in [0.717, 1.165) is 66.8 Å². The maximum absolute atomic E-state index is 11.2. The number of benzene rings is 12. The van der Waals surface area contributed by atoms with Gasteiger partial charge in [-0.15, -0.1) is 0 Å². The Morgan fingerprint density at radius 3 is 1.24 bits per heavy atom. The van der Waals surface area contributed by atoms with Crippen molar-refractivity contribution in [3.63, 3.8) is 0 Å². The number of fused-ring (bicyclic) bond motifs is 7. The van der Waals surface area contributed by atoms with Gasteiger partial charge in [-0.3, -0.25) is 0 Å². The van der Waals surface area contributed by atoms with E-state index in [2.05, 4.69) is 224 Å². The van der Waals surface area contributed by atoms with Gasteiger partial charge in [0.05, 0.1) is 5.56 Å². The van der Waals surface area contributed by atoms with Crippen LogP contribution in [0.4, 0.5) is 0 Å². The molecule has 0 amide bonds. The molecule has 0 aliphatic carbocycles. The minimum atomic E-state index is 0.572. The molecule has 4 nitrogen and oxygen atoms in total. The summed E-state index contributed by atoms with van der Waals surface area (Å²) in [6.07, 6.45) is 0. The van der Waals surface area contributed by atoms with Gasteiger partial charge in [0, 0.05) is 27.8 Å². The molecule has 0 N–H and O–H groups in total. The molecule has 0 unspecified atom stereocenters. The van der Waals surface area contributed by atoms with E-state index in [0.29, 0.717) is 23.0 Å². The van der Waals surface area contributed by atoms with E-state index < -0.39 is 0 Å². The lowest BCUT2D eigenvalue weighted by atomic mass is 9.85. The van der Waals surface area contributed by atoms with Crippen LogP contribution in [0.3, 0.4) is 0 Å². The van der Waals surface area contributed by atoms with Crippen molar-refractivity contribution < 1.29 is 0 Å². The number of aromatic nitrogens is 3. The van der Waals surface area contributed by atoms with E-state index in [1.54, 1.807) is 0 Å². The Morgan fingerprint density at radius 2 is 0.611 bits per heavy atom. The van der Waals surface area contributed by atoms with Crippen molar-refractivity contribution in [1.29, 1.82) is 5.26 Å². The molecular formula is C68H42N4. The highest BCUT2D eigenvalue weighted by Gasteiger charge is 2.20. The molecule has 0 aliphatic heterocycles. The van der Waals surface area contributed by atoms with Gasteiger partial charge >= 0.3 is 0 Å². The van der Waals surface area contributed by atoms with Crippen LogP contribution < -0.4 is 0 Å². The van der Waals surface area contributed by atoms with Crippen LogP contribution >= 0.6 is 0 Å². The Balaban J connectivity index is 0.892. The van der Waals surface area contributed by atoms with Crippen molar-refractivity contribution >= 4 is 43.1 Å². The lowest BCUT2D eigenvalue weighted by Gasteiger charge is -2.17. The summed E-state index contributed by atoms with van der Waals surface area (Å²) >= 11 is 0. The zero-order valence-corrected chi connectivity index (χ0v) is 39.0. The first-order valence-corrected chi connectivity index (χ1v) is 24.2. The molecule has 1 heterocycles. The first-order valence-electron chi connectivity index (χ1n) is 24.2. The first-order chi connectivity index (χ1) is 35.7. The number of nitriles is 1. The molecular weight excluding hydrogens is 873 g/mol. The van der Waals surface area contributed by atoms with Gasteiger partial charge < -0.3 is 0 Å². The van der Waals surface area contributed by atoms with Crippen molar-refractivity contribution in [1.82, 2.24) is 15.0 Å². The predicted octanol–water partition coefficient (Wildman–Crippen LogP) is 17.7. The predicted molar refractivity (Wildman–Crippen MR) is 298 cm³/mol. The molecule has 12 aromatic carbocycles. The van der Waals surface area contributed by atoms with Gasteiger partial charge in [0.2, 0.25) is 0 Å². The van der Waals surface area contributed by atoms with E-state index in [4.69, 9.17) is 15.0 Å². The number of rotatable bonds is 8. The molecule has 1 aromatic heterocycles. The summed E-state index contributed by atoms with van der Waals surface area (Å²) in [5, 5.41) is 21.0. The summed E-state index contributed by atoms with van der Waals surface area (Å²) in [5.41, 5.74) is 13.4. The Labute approximate surface area is 417 Å². The van der Waals surface area contributed by atoms with E-state index in [-0.39, 0.29) is 0 Å². The van der Waals surface area contributed by atoms with E-state index in [9.17, 15) is 5.26 Å². The van der Waals surface area contributed by atoms with Crippen LogP contribution in [-0.2, 0) is 0 Å². The van der Waals surface area contributed by atoms with Crippen molar-refractivity contribution in [2.24, 2.45) is 0 Å². The summed E-state index contributed by atoms with van der Waals surface area (Å²) < 4.78 is 0. The Kier molecular flexibility index (Phi) is 10.5. The van der Waals surface area contributed by atoms with Crippen molar-refractivity contribution in [2.75, 3.05) is 0 Å². The molecule has 0 bridgehead atoms.